The molecule has 122 valence electrons. The third kappa shape index (κ3) is 4.05. The Morgan fingerprint density at radius 2 is 1.96 bits per heavy atom. The minimum Gasteiger partial charge on any atom is -0.492 e. The SMILES string of the molecule is CCOc1cc(C(=O)Nc2cc(C)ccc2C)cc(Br)c1OC. The topological polar surface area (TPSA) is 47.6 Å². The van der Waals surface area contributed by atoms with Crippen LogP contribution in [0.15, 0.2) is 34.8 Å². The first-order valence-electron chi connectivity index (χ1n) is 7.35. The number of nitrogens with one attached hydrogen (secondary N) is 1. The van der Waals surface area contributed by atoms with E-state index >= 15 is 0 Å². The summed E-state index contributed by atoms with van der Waals surface area (Å²) >= 11 is 3.42. The number of aryl methyl sites for hydroxylation is 2. The summed E-state index contributed by atoms with van der Waals surface area (Å²) in [6, 6.07) is 9.37. The number of hydrogen-bond acceptors (Lipinski definition) is 3. The summed E-state index contributed by atoms with van der Waals surface area (Å²) in [5.74, 6) is 0.925. The van der Waals surface area contributed by atoms with Crippen LogP contribution < -0.4 is 14.8 Å². The van der Waals surface area contributed by atoms with Gasteiger partial charge in [-0.25, -0.2) is 0 Å². The summed E-state index contributed by atoms with van der Waals surface area (Å²) in [5, 5.41) is 2.95. The molecule has 0 saturated heterocycles. The van der Waals surface area contributed by atoms with E-state index in [0.29, 0.717) is 28.1 Å². The molecule has 0 aliphatic rings. The van der Waals surface area contributed by atoms with Gasteiger partial charge in [0.05, 0.1) is 18.2 Å². The normalized spacial score (nSPS) is 10.3. The number of carbonyl (C=O) groups excluding carboxylic acids is 1. The molecule has 0 unspecified atom stereocenters. The maximum Gasteiger partial charge on any atom is 0.255 e. The van der Waals surface area contributed by atoms with E-state index in [1.807, 2.05) is 39.0 Å². The Bertz CT molecular complexity index is 728. The molecule has 0 radical (unpaired) electrons. The average Bonchev–Trinajstić information content (AvgIpc) is 2.51. The Morgan fingerprint density at radius 1 is 1.22 bits per heavy atom. The van der Waals surface area contributed by atoms with Gasteiger partial charge in [0.1, 0.15) is 0 Å². The van der Waals surface area contributed by atoms with E-state index in [-0.39, 0.29) is 5.91 Å². The Kier molecular flexibility index (Phi) is 5.66. The van der Waals surface area contributed by atoms with Crippen molar-refractivity contribution < 1.29 is 14.3 Å². The number of rotatable bonds is 5. The fourth-order valence-corrected chi connectivity index (χ4v) is 2.83. The van der Waals surface area contributed by atoms with Gasteiger partial charge in [0.25, 0.3) is 5.91 Å². The molecule has 0 atom stereocenters. The molecule has 2 aromatic carbocycles. The molecule has 4 nitrogen and oxygen atoms in total. The summed E-state index contributed by atoms with van der Waals surface area (Å²) in [5.41, 5.74) is 3.42. The number of hydrogen-bond donors (Lipinski definition) is 1. The molecule has 0 aliphatic carbocycles. The number of carbonyl (C=O) groups is 1. The molecule has 0 aromatic heterocycles. The number of benzene rings is 2. The van der Waals surface area contributed by atoms with Crippen LogP contribution in [0.25, 0.3) is 0 Å². The molecule has 0 saturated carbocycles. The van der Waals surface area contributed by atoms with Gasteiger partial charge in [-0.15, -0.1) is 0 Å². The van der Waals surface area contributed by atoms with Crippen molar-refractivity contribution in [1.29, 1.82) is 0 Å². The van der Waals surface area contributed by atoms with Gasteiger partial charge in [-0.2, -0.15) is 0 Å². The van der Waals surface area contributed by atoms with Crippen LogP contribution in [0.3, 0.4) is 0 Å². The van der Waals surface area contributed by atoms with E-state index in [1.54, 1.807) is 19.2 Å². The molecular formula is C18H20BrNO3. The van der Waals surface area contributed by atoms with Crippen molar-refractivity contribution in [1.82, 2.24) is 0 Å². The lowest BCUT2D eigenvalue weighted by atomic mass is 10.1. The average molecular weight is 378 g/mol. The lowest BCUT2D eigenvalue weighted by molar-refractivity contribution is 0.102. The fraction of sp³-hybridized carbons (Fsp3) is 0.278. The van der Waals surface area contributed by atoms with E-state index in [2.05, 4.69) is 21.2 Å². The second kappa shape index (κ2) is 7.51. The summed E-state index contributed by atoms with van der Waals surface area (Å²) in [4.78, 5) is 12.6. The third-order valence-electron chi connectivity index (χ3n) is 3.42. The molecule has 0 bridgehead atoms. The molecule has 1 N–H and O–H groups in total. The van der Waals surface area contributed by atoms with Crippen LogP contribution >= 0.6 is 15.9 Å². The van der Waals surface area contributed by atoms with Gasteiger partial charge in [0.15, 0.2) is 11.5 Å². The summed E-state index contributed by atoms with van der Waals surface area (Å²) in [7, 11) is 1.57. The van der Waals surface area contributed by atoms with Crippen LogP contribution in [-0.4, -0.2) is 19.6 Å². The summed E-state index contributed by atoms with van der Waals surface area (Å²) in [6.07, 6.45) is 0. The highest BCUT2D eigenvalue weighted by Gasteiger charge is 2.16. The number of amides is 1. The lowest BCUT2D eigenvalue weighted by Gasteiger charge is -2.14. The highest BCUT2D eigenvalue weighted by molar-refractivity contribution is 9.10. The van der Waals surface area contributed by atoms with Crippen molar-refractivity contribution in [3.05, 3.63) is 51.5 Å². The Balaban J connectivity index is 2.34. The van der Waals surface area contributed by atoms with E-state index in [4.69, 9.17) is 9.47 Å². The number of methoxy groups -OCH3 is 1. The summed E-state index contributed by atoms with van der Waals surface area (Å²) in [6.45, 7) is 6.33. The van der Waals surface area contributed by atoms with Gasteiger partial charge in [-0.1, -0.05) is 12.1 Å². The van der Waals surface area contributed by atoms with Crippen molar-refractivity contribution in [3.8, 4) is 11.5 Å². The first-order valence-corrected chi connectivity index (χ1v) is 8.14. The molecule has 2 aromatic rings. The zero-order valence-corrected chi connectivity index (χ0v) is 15.3. The van der Waals surface area contributed by atoms with Gasteiger partial charge in [-0.3, -0.25) is 4.79 Å². The predicted molar refractivity (Wildman–Crippen MR) is 95.7 cm³/mol. The monoisotopic (exact) mass is 377 g/mol. The van der Waals surface area contributed by atoms with Crippen LogP contribution in [0, 0.1) is 13.8 Å². The first kappa shape index (κ1) is 17.3. The predicted octanol–water partition coefficient (Wildman–Crippen LogP) is 4.73. The number of anilines is 1. The maximum absolute atomic E-state index is 12.6. The number of halogens is 1. The van der Waals surface area contributed by atoms with Crippen molar-refractivity contribution in [3.63, 3.8) is 0 Å². The fourth-order valence-electron chi connectivity index (χ4n) is 2.23. The number of ether oxygens (including phenoxy) is 2. The highest BCUT2D eigenvalue weighted by atomic mass is 79.9. The maximum atomic E-state index is 12.6. The van der Waals surface area contributed by atoms with E-state index in [0.717, 1.165) is 16.8 Å². The van der Waals surface area contributed by atoms with E-state index < -0.39 is 0 Å². The lowest BCUT2D eigenvalue weighted by Crippen LogP contribution is -2.13. The van der Waals surface area contributed by atoms with Crippen molar-refractivity contribution >= 4 is 27.5 Å². The van der Waals surface area contributed by atoms with Crippen molar-refractivity contribution in [2.24, 2.45) is 0 Å². The third-order valence-corrected chi connectivity index (χ3v) is 4.01. The Morgan fingerprint density at radius 3 is 2.61 bits per heavy atom. The molecule has 2 rings (SSSR count). The molecule has 0 aliphatic heterocycles. The minimum atomic E-state index is -0.192. The van der Waals surface area contributed by atoms with E-state index in [9.17, 15) is 4.79 Å². The van der Waals surface area contributed by atoms with Crippen LogP contribution in [0.1, 0.15) is 28.4 Å². The first-order chi connectivity index (χ1) is 11.0. The van der Waals surface area contributed by atoms with Crippen LogP contribution in [-0.2, 0) is 0 Å². The van der Waals surface area contributed by atoms with Gasteiger partial charge in [0.2, 0.25) is 0 Å². The Hall–Kier alpha value is -2.01. The Labute approximate surface area is 144 Å². The second-order valence-corrected chi connectivity index (χ2v) is 6.05. The zero-order valence-electron chi connectivity index (χ0n) is 13.7. The second-order valence-electron chi connectivity index (χ2n) is 5.19. The van der Waals surface area contributed by atoms with Crippen LogP contribution in [0.2, 0.25) is 0 Å². The van der Waals surface area contributed by atoms with Gasteiger partial charge in [0, 0.05) is 11.3 Å². The quantitative estimate of drug-likeness (QED) is 0.819. The molecule has 0 heterocycles. The smallest absolute Gasteiger partial charge is 0.255 e. The molecule has 0 spiro atoms. The molecule has 23 heavy (non-hydrogen) atoms. The van der Waals surface area contributed by atoms with E-state index in [1.165, 1.54) is 0 Å². The summed E-state index contributed by atoms with van der Waals surface area (Å²) < 4.78 is 11.5. The van der Waals surface area contributed by atoms with Gasteiger partial charge < -0.3 is 14.8 Å². The van der Waals surface area contributed by atoms with Crippen LogP contribution in [0.4, 0.5) is 5.69 Å². The standard InChI is InChI=1S/C18H20BrNO3/c1-5-23-16-10-13(9-14(19)17(16)22-4)18(21)20-15-8-11(2)6-7-12(15)3/h6-10H,5H2,1-4H3,(H,20,21). The van der Waals surface area contributed by atoms with Crippen molar-refractivity contribution in [2.45, 2.75) is 20.8 Å². The zero-order chi connectivity index (χ0) is 17.0. The van der Waals surface area contributed by atoms with Gasteiger partial charge >= 0.3 is 0 Å². The molecule has 0 fully saturated rings. The van der Waals surface area contributed by atoms with Gasteiger partial charge in [-0.05, 0) is 66.0 Å². The largest absolute Gasteiger partial charge is 0.492 e. The van der Waals surface area contributed by atoms with Crippen LogP contribution in [0.5, 0.6) is 11.5 Å². The molecule has 1 amide bonds. The minimum absolute atomic E-state index is 0.192. The molecule has 5 heteroatoms. The highest BCUT2D eigenvalue weighted by Crippen LogP contribution is 2.36. The van der Waals surface area contributed by atoms with Crippen molar-refractivity contribution in [2.75, 3.05) is 19.0 Å². The molecular weight excluding hydrogens is 358 g/mol.